The summed E-state index contributed by atoms with van der Waals surface area (Å²) in [5.74, 6) is 0.0965. The highest BCUT2D eigenvalue weighted by Crippen LogP contribution is 2.32. The van der Waals surface area contributed by atoms with Crippen molar-refractivity contribution in [1.82, 2.24) is 25.9 Å². The number of methoxy groups -OCH3 is 1. The third kappa shape index (κ3) is 6.76. The molecule has 1 aromatic heterocycles. The summed E-state index contributed by atoms with van der Waals surface area (Å²) >= 11 is 0. The number of benzene rings is 1. The highest BCUT2D eigenvalue weighted by atomic mass is 16.6. The van der Waals surface area contributed by atoms with Crippen LogP contribution in [0.2, 0.25) is 0 Å². The fourth-order valence-electron chi connectivity index (χ4n) is 2.80. The van der Waals surface area contributed by atoms with Gasteiger partial charge in [-0.25, -0.2) is 4.79 Å². The standard InChI is InChI=1S/C20H28N6O5/c1-11(2)7-15(22-19(29)31-20(3,4)5)18(28)21-14-9-16(30-6)12(10-27)8-13(14)17-23-25-26-24-17/h8-11,15H,7H2,1-6H3,(H,21,28)(H,22,29)(H,23,24,25,26)/t15-/m1/s1. The third-order valence-corrected chi connectivity index (χ3v) is 4.06. The number of nitrogens with one attached hydrogen (secondary N) is 3. The van der Waals surface area contributed by atoms with Gasteiger partial charge in [0.1, 0.15) is 17.4 Å². The number of tetrazole rings is 1. The number of hydrogen-bond donors (Lipinski definition) is 3. The number of hydrogen-bond acceptors (Lipinski definition) is 8. The lowest BCUT2D eigenvalue weighted by molar-refractivity contribution is -0.118. The van der Waals surface area contributed by atoms with Crippen LogP contribution in [0.3, 0.4) is 0 Å². The highest BCUT2D eigenvalue weighted by Gasteiger charge is 2.26. The van der Waals surface area contributed by atoms with Gasteiger partial charge in [-0.1, -0.05) is 13.8 Å². The number of aldehydes is 1. The zero-order valence-corrected chi connectivity index (χ0v) is 18.5. The molecule has 168 valence electrons. The number of H-pyrrole nitrogens is 1. The summed E-state index contributed by atoms with van der Waals surface area (Å²) < 4.78 is 10.5. The average molecular weight is 432 g/mol. The number of aromatic amines is 1. The molecule has 1 aromatic carbocycles. The Kier molecular flexibility index (Phi) is 7.67. The molecule has 0 aliphatic rings. The van der Waals surface area contributed by atoms with Crippen molar-refractivity contribution in [3.8, 4) is 17.1 Å². The Balaban J connectivity index is 2.35. The second-order valence-corrected chi connectivity index (χ2v) is 8.31. The lowest BCUT2D eigenvalue weighted by Crippen LogP contribution is -2.46. The van der Waals surface area contributed by atoms with Gasteiger partial charge in [-0.05, 0) is 44.4 Å². The molecule has 0 unspecified atom stereocenters. The minimum atomic E-state index is -0.857. The van der Waals surface area contributed by atoms with E-state index in [2.05, 4.69) is 31.3 Å². The van der Waals surface area contributed by atoms with Gasteiger partial charge < -0.3 is 20.1 Å². The number of ether oxygens (including phenoxy) is 2. The molecule has 0 aliphatic carbocycles. The van der Waals surface area contributed by atoms with E-state index in [0.29, 0.717) is 24.0 Å². The Morgan fingerprint density at radius 1 is 1.26 bits per heavy atom. The fourth-order valence-corrected chi connectivity index (χ4v) is 2.80. The van der Waals surface area contributed by atoms with E-state index in [1.807, 2.05) is 13.8 Å². The van der Waals surface area contributed by atoms with E-state index in [0.717, 1.165) is 0 Å². The number of anilines is 1. The van der Waals surface area contributed by atoms with Gasteiger partial charge in [-0.3, -0.25) is 9.59 Å². The highest BCUT2D eigenvalue weighted by molar-refractivity contribution is 6.00. The van der Waals surface area contributed by atoms with Crippen LogP contribution in [-0.2, 0) is 9.53 Å². The Bertz CT molecular complexity index is 921. The van der Waals surface area contributed by atoms with Crippen LogP contribution < -0.4 is 15.4 Å². The third-order valence-electron chi connectivity index (χ3n) is 4.06. The monoisotopic (exact) mass is 432 g/mol. The summed E-state index contributed by atoms with van der Waals surface area (Å²) in [5.41, 5.74) is 0.220. The molecule has 11 heteroatoms. The van der Waals surface area contributed by atoms with Gasteiger partial charge in [0.2, 0.25) is 11.7 Å². The van der Waals surface area contributed by atoms with E-state index >= 15 is 0 Å². The largest absolute Gasteiger partial charge is 0.496 e. The van der Waals surface area contributed by atoms with E-state index in [4.69, 9.17) is 9.47 Å². The normalized spacial score (nSPS) is 12.2. The van der Waals surface area contributed by atoms with Crippen LogP contribution in [0.4, 0.5) is 10.5 Å². The Morgan fingerprint density at radius 3 is 2.48 bits per heavy atom. The van der Waals surface area contributed by atoms with Gasteiger partial charge in [-0.2, -0.15) is 5.21 Å². The summed E-state index contributed by atoms with van der Waals surface area (Å²) in [5, 5.41) is 19.1. The van der Waals surface area contributed by atoms with Crippen LogP contribution in [0, 0.1) is 5.92 Å². The van der Waals surface area contributed by atoms with Crippen LogP contribution in [0.1, 0.15) is 51.4 Å². The first-order chi connectivity index (χ1) is 14.5. The lowest BCUT2D eigenvalue weighted by atomic mass is 10.0. The molecule has 0 spiro atoms. The van der Waals surface area contributed by atoms with Gasteiger partial charge >= 0.3 is 6.09 Å². The average Bonchev–Trinajstić information content (AvgIpc) is 3.19. The van der Waals surface area contributed by atoms with Gasteiger partial charge in [0.25, 0.3) is 0 Å². The smallest absolute Gasteiger partial charge is 0.408 e. The molecule has 31 heavy (non-hydrogen) atoms. The van der Waals surface area contributed by atoms with Crippen LogP contribution in [0.15, 0.2) is 12.1 Å². The number of carbonyl (C=O) groups is 3. The van der Waals surface area contributed by atoms with Crippen LogP contribution in [0.25, 0.3) is 11.4 Å². The van der Waals surface area contributed by atoms with E-state index in [9.17, 15) is 14.4 Å². The van der Waals surface area contributed by atoms with Gasteiger partial charge in [0.05, 0.1) is 18.4 Å². The number of aromatic nitrogens is 4. The van der Waals surface area contributed by atoms with Crippen molar-refractivity contribution < 1.29 is 23.9 Å². The first kappa shape index (κ1) is 23.8. The van der Waals surface area contributed by atoms with E-state index in [1.165, 1.54) is 19.2 Å². The molecule has 2 rings (SSSR count). The molecular formula is C20H28N6O5. The minimum Gasteiger partial charge on any atom is -0.496 e. The predicted octanol–water partition coefficient (Wildman–Crippen LogP) is 2.57. The summed E-state index contributed by atoms with van der Waals surface area (Å²) in [6.07, 6.45) is 0.312. The van der Waals surface area contributed by atoms with E-state index in [1.54, 1.807) is 20.8 Å². The molecule has 0 radical (unpaired) electrons. The zero-order valence-electron chi connectivity index (χ0n) is 18.5. The maximum Gasteiger partial charge on any atom is 0.408 e. The molecule has 0 aliphatic heterocycles. The van der Waals surface area contributed by atoms with Crippen LogP contribution >= 0.6 is 0 Å². The molecule has 3 N–H and O–H groups in total. The number of carbonyl (C=O) groups excluding carboxylic acids is 3. The van der Waals surface area contributed by atoms with E-state index in [-0.39, 0.29) is 23.1 Å². The van der Waals surface area contributed by atoms with Crippen molar-refractivity contribution >= 4 is 24.0 Å². The molecule has 1 atom stereocenters. The fraction of sp³-hybridized carbons (Fsp3) is 0.500. The summed E-state index contributed by atoms with van der Waals surface area (Å²) in [6, 6.07) is 2.13. The van der Waals surface area contributed by atoms with Crippen molar-refractivity contribution in [3.05, 3.63) is 17.7 Å². The number of amides is 2. The summed E-state index contributed by atoms with van der Waals surface area (Å²) in [7, 11) is 1.41. The lowest BCUT2D eigenvalue weighted by Gasteiger charge is -2.24. The van der Waals surface area contributed by atoms with E-state index < -0.39 is 23.6 Å². The minimum absolute atomic E-state index is 0.120. The van der Waals surface area contributed by atoms with Crippen LogP contribution in [-0.4, -0.2) is 57.7 Å². The van der Waals surface area contributed by atoms with Crippen molar-refractivity contribution in [2.75, 3.05) is 12.4 Å². The van der Waals surface area contributed by atoms with Crippen molar-refractivity contribution in [2.45, 2.75) is 52.7 Å². The molecule has 11 nitrogen and oxygen atoms in total. The molecule has 0 saturated carbocycles. The Morgan fingerprint density at radius 2 is 1.97 bits per heavy atom. The number of nitrogens with zero attached hydrogens (tertiary/aromatic N) is 3. The van der Waals surface area contributed by atoms with Gasteiger partial charge in [0, 0.05) is 11.6 Å². The summed E-state index contributed by atoms with van der Waals surface area (Å²) in [4.78, 5) is 36.7. The van der Waals surface area contributed by atoms with Crippen molar-refractivity contribution in [3.63, 3.8) is 0 Å². The second kappa shape index (κ2) is 10.0. The maximum absolute atomic E-state index is 13.1. The van der Waals surface area contributed by atoms with Gasteiger partial charge in [0.15, 0.2) is 6.29 Å². The Labute approximate surface area is 180 Å². The Hall–Kier alpha value is -3.50. The SMILES string of the molecule is COc1cc(NC(=O)[C@@H](CC(C)C)NC(=O)OC(C)(C)C)c(-c2nn[nH]n2)cc1C=O. The number of alkyl carbamates (subject to hydrolysis) is 1. The van der Waals surface area contributed by atoms with Crippen molar-refractivity contribution in [2.24, 2.45) is 5.92 Å². The second-order valence-electron chi connectivity index (χ2n) is 8.31. The molecule has 1 heterocycles. The quantitative estimate of drug-likeness (QED) is 0.539. The van der Waals surface area contributed by atoms with Crippen molar-refractivity contribution in [1.29, 1.82) is 0 Å². The summed E-state index contributed by atoms with van der Waals surface area (Å²) in [6.45, 7) is 9.08. The van der Waals surface area contributed by atoms with Crippen LogP contribution in [0.5, 0.6) is 5.75 Å². The molecule has 2 amide bonds. The first-order valence-corrected chi connectivity index (χ1v) is 9.75. The zero-order chi connectivity index (χ0) is 23.2. The molecule has 2 aromatic rings. The molecule has 0 bridgehead atoms. The predicted molar refractivity (Wildman–Crippen MR) is 113 cm³/mol. The molecule has 0 saturated heterocycles. The maximum atomic E-state index is 13.1. The van der Waals surface area contributed by atoms with Gasteiger partial charge in [-0.15, -0.1) is 10.2 Å². The first-order valence-electron chi connectivity index (χ1n) is 9.75. The topological polar surface area (TPSA) is 148 Å². The number of rotatable bonds is 8. The molecular weight excluding hydrogens is 404 g/mol. The molecule has 0 fully saturated rings.